The molecule has 0 atom stereocenters. The lowest BCUT2D eigenvalue weighted by Gasteiger charge is -2.26. The highest BCUT2D eigenvalue weighted by Gasteiger charge is 2.43. The van der Waals surface area contributed by atoms with E-state index < -0.39 is 0 Å². The molecule has 0 radical (unpaired) electrons. The number of nitrogens with one attached hydrogen (secondary N) is 1. The van der Waals surface area contributed by atoms with Crippen LogP contribution < -0.4 is 10.2 Å². The second-order valence-corrected chi connectivity index (χ2v) is 7.30. The lowest BCUT2D eigenvalue weighted by atomic mass is 10.1. The van der Waals surface area contributed by atoms with Crippen molar-refractivity contribution in [3.05, 3.63) is 41.4 Å². The van der Waals surface area contributed by atoms with Crippen molar-refractivity contribution in [2.45, 2.75) is 45.7 Å². The van der Waals surface area contributed by atoms with Crippen LogP contribution in [0.5, 0.6) is 0 Å². The zero-order valence-electron chi connectivity index (χ0n) is 15.9. The van der Waals surface area contributed by atoms with Crippen LogP contribution in [-0.4, -0.2) is 38.4 Å². The van der Waals surface area contributed by atoms with Crippen molar-refractivity contribution in [2.24, 2.45) is 0 Å². The molecule has 1 saturated carbocycles. The number of fused-ring (bicyclic) bond motifs is 1. The van der Waals surface area contributed by atoms with Crippen LogP contribution in [0.25, 0.3) is 11.1 Å². The first-order valence-electron chi connectivity index (χ1n) is 8.93. The van der Waals surface area contributed by atoms with E-state index in [1.54, 1.807) is 19.3 Å². The number of carbonyl (C=O) groups is 1. The molecule has 3 heterocycles. The number of rotatable bonds is 5. The maximum absolute atomic E-state index is 12.9. The van der Waals surface area contributed by atoms with Crippen molar-refractivity contribution in [1.82, 2.24) is 25.3 Å². The van der Waals surface area contributed by atoms with Gasteiger partial charge in [0, 0.05) is 18.8 Å². The first kappa shape index (κ1) is 17.4. The van der Waals surface area contributed by atoms with Gasteiger partial charge in [0.2, 0.25) is 5.71 Å². The number of furan rings is 1. The number of aryl methyl sites for hydroxylation is 2. The van der Waals surface area contributed by atoms with Crippen LogP contribution in [0.15, 0.2) is 23.1 Å². The van der Waals surface area contributed by atoms with Gasteiger partial charge >= 0.3 is 0 Å². The second kappa shape index (κ2) is 6.29. The molecular formula is C19H22N6O2. The van der Waals surface area contributed by atoms with E-state index in [0.717, 1.165) is 24.4 Å². The largest absolute Gasteiger partial charge is 0.442 e. The van der Waals surface area contributed by atoms with Gasteiger partial charge in [-0.1, -0.05) is 0 Å². The van der Waals surface area contributed by atoms with E-state index in [9.17, 15) is 4.79 Å². The number of aromatic nitrogens is 4. The summed E-state index contributed by atoms with van der Waals surface area (Å²) in [5, 5.41) is 3.55. The van der Waals surface area contributed by atoms with Crippen molar-refractivity contribution < 1.29 is 9.21 Å². The average molecular weight is 366 g/mol. The summed E-state index contributed by atoms with van der Waals surface area (Å²) in [6.07, 6.45) is 7.01. The molecule has 3 aromatic rings. The summed E-state index contributed by atoms with van der Waals surface area (Å²) in [5.41, 5.74) is 2.49. The van der Waals surface area contributed by atoms with Gasteiger partial charge in [-0.25, -0.2) is 9.97 Å². The van der Waals surface area contributed by atoms with Crippen molar-refractivity contribution in [3.63, 3.8) is 0 Å². The van der Waals surface area contributed by atoms with Crippen LogP contribution in [0, 0.1) is 13.8 Å². The minimum atomic E-state index is -0.237. The van der Waals surface area contributed by atoms with E-state index in [4.69, 9.17) is 4.42 Å². The summed E-state index contributed by atoms with van der Waals surface area (Å²) in [7, 11) is 2.00. The standard InChI is InChI=1S/C19H22N6O2/c1-11-7-21-13(8-20-11)9-22-17(26)14-12(2)27-18-15(14)16(23-10-24-18)25(4)19(3)5-6-19/h7-8,10H,5-6,9H2,1-4H3,(H,22,26). The quantitative estimate of drug-likeness (QED) is 0.741. The summed E-state index contributed by atoms with van der Waals surface area (Å²) in [4.78, 5) is 32.2. The molecule has 27 heavy (non-hydrogen) atoms. The average Bonchev–Trinajstić information content (AvgIpc) is 3.31. The molecule has 0 aliphatic heterocycles. The molecule has 1 fully saturated rings. The first-order chi connectivity index (χ1) is 12.9. The Bertz CT molecular complexity index is 1010. The molecule has 3 aromatic heterocycles. The summed E-state index contributed by atoms with van der Waals surface area (Å²) >= 11 is 0. The fourth-order valence-corrected chi connectivity index (χ4v) is 3.10. The van der Waals surface area contributed by atoms with Gasteiger partial charge in [-0.3, -0.25) is 14.8 Å². The Morgan fingerprint density at radius 3 is 2.67 bits per heavy atom. The normalized spacial score (nSPS) is 15.0. The maximum Gasteiger partial charge on any atom is 0.255 e. The number of amides is 1. The van der Waals surface area contributed by atoms with E-state index in [1.807, 2.05) is 14.0 Å². The van der Waals surface area contributed by atoms with Crippen molar-refractivity contribution >= 4 is 22.8 Å². The smallest absolute Gasteiger partial charge is 0.255 e. The molecule has 8 heteroatoms. The molecule has 1 aliphatic carbocycles. The third kappa shape index (κ3) is 3.11. The fourth-order valence-electron chi connectivity index (χ4n) is 3.10. The molecule has 8 nitrogen and oxygen atoms in total. The molecule has 1 N–H and O–H groups in total. The Labute approximate surface area is 157 Å². The van der Waals surface area contributed by atoms with Crippen LogP contribution in [-0.2, 0) is 6.54 Å². The van der Waals surface area contributed by atoms with Crippen molar-refractivity contribution in [1.29, 1.82) is 0 Å². The van der Waals surface area contributed by atoms with Gasteiger partial charge in [0.05, 0.1) is 35.1 Å². The van der Waals surface area contributed by atoms with Crippen LogP contribution in [0.1, 0.15) is 47.3 Å². The Morgan fingerprint density at radius 1 is 1.22 bits per heavy atom. The van der Waals surface area contributed by atoms with Crippen LogP contribution in [0.2, 0.25) is 0 Å². The second-order valence-electron chi connectivity index (χ2n) is 7.30. The van der Waals surface area contributed by atoms with Gasteiger partial charge < -0.3 is 14.6 Å². The molecule has 0 spiro atoms. The molecule has 0 saturated heterocycles. The topological polar surface area (TPSA) is 97.0 Å². The molecular weight excluding hydrogens is 344 g/mol. The molecule has 0 aromatic carbocycles. The van der Waals surface area contributed by atoms with Crippen molar-refractivity contribution in [2.75, 3.05) is 11.9 Å². The number of hydrogen-bond donors (Lipinski definition) is 1. The number of carbonyl (C=O) groups excluding carboxylic acids is 1. The molecule has 0 unspecified atom stereocenters. The minimum Gasteiger partial charge on any atom is -0.442 e. The molecule has 4 rings (SSSR count). The molecule has 140 valence electrons. The van der Waals surface area contributed by atoms with Gasteiger partial charge in [0.25, 0.3) is 5.91 Å². The van der Waals surface area contributed by atoms with Crippen LogP contribution >= 0.6 is 0 Å². The Kier molecular flexibility index (Phi) is 4.05. The highest BCUT2D eigenvalue weighted by atomic mass is 16.3. The predicted octanol–water partition coefficient (Wildman–Crippen LogP) is 2.55. The Balaban J connectivity index is 1.67. The number of hydrogen-bond acceptors (Lipinski definition) is 7. The van der Waals surface area contributed by atoms with Crippen LogP contribution in [0.3, 0.4) is 0 Å². The first-order valence-corrected chi connectivity index (χ1v) is 8.93. The van der Waals surface area contributed by atoms with Gasteiger partial charge in [0.15, 0.2) is 0 Å². The summed E-state index contributed by atoms with van der Waals surface area (Å²) in [5.74, 6) is 1.00. The molecule has 1 amide bonds. The Morgan fingerprint density at radius 2 is 2.00 bits per heavy atom. The van der Waals surface area contributed by atoms with Gasteiger partial charge in [-0.15, -0.1) is 0 Å². The highest BCUT2D eigenvalue weighted by Crippen LogP contribution is 2.44. The lowest BCUT2D eigenvalue weighted by molar-refractivity contribution is 0.0950. The maximum atomic E-state index is 12.9. The third-order valence-corrected chi connectivity index (χ3v) is 5.24. The molecule has 0 bridgehead atoms. The fraction of sp³-hybridized carbons (Fsp3) is 0.421. The van der Waals surface area contributed by atoms with Crippen LogP contribution in [0.4, 0.5) is 5.82 Å². The highest BCUT2D eigenvalue weighted by molar-refractivity contribution is 6.10. The van der Waals surface area contributed by atoms with E-state index in [2.05, 4.69) is 37.1 Å². The van der Waals surface area contributed by atoms with Crippen molar-refractivity contribution in [3.8, 4) is 0 Å². The van der Waals surface area contributed by atoms with Gasteiger partial charge in [-0.05, 0) is 33.6 Å². The summed E-state index contributed by atoms with van der Waals surface area (Å²) < 4.78 is 5.75. The van der Waals surface area contributed by atoms with E-state index in [0.29, 0.717) is 28.1 Å². The zero-order chi connectivity index (χ0) is 19.2. The minimum absolute atomic E-state index is 0.0672. The van der Waals surface area contributed by atoms with E-state index >= 15 is 0 Å². The summed E-state index contributed by atoms with van der Waals surface area (Å²) in [6, 6.07) is 0. The lowest BCUT2D eigenvalue weighted by Crippen LogP contribution is -2.32. The van der Waals surface area contributed by atoms with Gasteiger partial charge in [-0.2, -0.15) is 0 Å². The molecule has 1 aliphatic rings. The SMILES string of the molecule is Cc1cnc(CNC(=O)c2c(C)oc3ncnc(N(C)C4(C)CC4)c23)cn1. The number of anilines is 1. The third-order valence-electron chi connectivity index (χ3n) is 5.24. The van der Waals surface area contributed by atoms with E-state index in [1.165, 1.54) is 6.33 Å². The number of nitrogens with zero attached hydrogens (tertiary/aromatic N) is 5. The monoisotopic (exact) mass is 366 g/mol. The predicted molar refractivity (Wildman–Crippen MR) is 101 cm³/mol. The zero-order valence-corrected chi connectivity index (χ0v) is 15.9. The Hall–Kier alpha value is -3.03. The summed E-state index contributed by atoms with van der Waals surface area (Å²) in [6.45, 7) is 6.11. The van der Waals surface area contributed by atoms with E-state index in [-0.39, 0.29) is 18.0 Å². The van der Waals surface area contributed by atoms with Gasteiger partial charge in [0.1, 0.15) is 17.9 Å².